The number of anilines is 1. The van der Waals surface area contributed by atoms with Gasteiger partial charge in [0.2, 0.25) is 0 Å². The number of hydrogen-bond acceptors (Lipinski definition) is 2. The molecule has 0 saturated heterocycles. The molecular formula is C13H15F3N2O2. The Kier molecular flexibility index (Phi) is 3.89. The van der Waals surface area contributed by atoms with E-state index in [1.807, 2.05) is 0 Å². The molecule has 0 radical (unpaired) electrons. The van der Waals surface area contributed by atoms with Crippen molar-refractivity contribution < 1.29 is 23.1 Å². The average Bonchev–Trinajstić information content (AvgIpc) is 2.36. The summed E-state index contributed by atoms with van der Waals surface area (Å²) in [5.74, 6) is 0. The zero-order valence-corrected chi connectivity index (χ0v) is 10.9. The molecule has 0 fully saturated rings. The van der Waals surface area contributed by atoms with E-state index in [9.17, 15) is 23.1 Å². The van der Waals surface area contributed by atoms with Gasteiger partial charge in [0.25, 0.3) is 0 Å². The van der Waals surface area contributed by atoms with Crippen LogP contribution < -0.4 is 5.32 Å². The van der Waals surface area contributed by atoms with Gasteiger partial charge < -0.3 is 15.3 Å². The summed E-state index contributed by atoms with van der Waals surface area (Å²) >= 11 is 0. The lowest BCUT2D eigenvalue weighted by Crippen LogP contribution is -2.35. The van der Waals surface area contributed by atoms with Gasteiger partial charge in [0.05, 0.1) is 6.10 Å². The lowest BCUT2D eigenvalue weighted by Gasteiger charge is -2.26. The van der Waals surface area contributed by atoms with Crippen LogP contribution in [0.3, 0.4) is 0 Å². The van der Waals surface area contributed by atoms with Crippen molar-refractivity contribution in [3.8, 4) is 0 Å². The van der Waals surface area contributed by atoms with Crippen LogP contribution in [-0.4, -0.2) is 29.3 Å². The summed E-state index contributed by atoms with van der Waals surface area (Å²) in [4.78, 5) is 12.9. The van der Waals surface area contributed by atoms with E-state index in [4.69, 9.17) is 0 Å². The Balaban J connectivity index is 2.11. The molecule has 4 nitrogen and oxygen atoms in total. The van der Waals surface area contributed by atoms with Crippen LogP contribution in [0.25, 0.3) is 0 Å². The number of hydrogen-bond donors (Lipinski definition) is 2. The number of carbonyl (C=O) groups is 1. The van der Waals surface area contributed by atoms with Crippen LogP contribution in [-0.2, 0) is 6.54 Å². The first-order valence-corrected chi connectivity index (χ1v) is 6.16. The maximum Gasteiger partial charge on any atom is 0.389 e. The SMILES string of the molecule is CN1Cc2cc(C(O)CCC(F)(F)F)ccc2NC1=O. The van der Waals surface area contributed by atoms with Gasteiger partial charge in [-0.25, -0.2) is 4.79 Å². The third-order valence-corrected chi connectivity index (χ3v) is 3.21. The van der Waals surface area contributed by atoms with Gasteiger partial charge in [0, 0.05) is 25.7 Å². The Hall–Kier alpha value is -1.76. The fourth-order valence-corrected chi connectivity index (χ4v) is 2.08. The number of fused-ring (bicyclic) bond motifs is 1. The van der Waals surface area contributed by atoms with Crippen LogP contribution in [0.2, 0.25) is 0 Å². The highest BCUT2D eigenvalue weighted by Gasteiger charge is 2.28. The molecule has 0 bridgehead atoms. The fraction of sp³-hybridized carbons (Fsp3) is 0.462. The van der Waals surface area contributed by atoms with Crippen molar-refractivity contribution in [3.05, 3.63) is 29.3 Å². The third kappa shape index (κ3) is 3.41. The van der Waals surface area contributed by atoms with Gasteiger partial charge in [-0.2, -0.15) is 13.2 Å². The standard InChI is InChI=1S/C13H15F3N2O2/c1-18-7-9-6-8(2-3-10(9)17-12(18)20)11(19)4-5-13(14,15)16/h2-3,6,11,19H,4-5,7H2,1H3,(H,17,20). The predicted octanol–water partition coefficient (Wildman–Crippen LogP) is 3.04. The van der Waals surface area contributed by atoms with Gasteiger partial charge in [-0.05, 0) is 29.7 Å². The molecule has 7 heteroatoms. The van der Waals surface area contributed by atoms with E-state index in [1.165, 1.54) is 11.0 Å². The van der Waals surface area contributed by atoms with Gasteiger partial charge in [0.15, 0.2) is 0 Å². The van der Waals surface area contributed by atoms with Crippen LogP contribution in [0, 0.1) is 0 Å². The fourth-order valence-electron chi connectivity index (χ4n) is 2.08. The number of halogens is 3. The number of nitrogens with zero attached hydrogens (tertiary/aromatic N) is 1. The third-order valence-electron chi connectivity index (χ3n) is 3.21. The maximum absolute atomic E-state index is 12.1. The summed E-state index contributed by atoms with van der Waals surface area (Å²) in [5, 5.41) is 12.5. The zero-order valence-electron chi connectivity index (χ0n) is 10.9. The molecule has 0 spiro atoms. The van der Waals surface area contributed by atoms with Gasteiger partial charge in [-0.1, -0.05) is 6.07 Å². The summed E-state index contributed by atoms with van der Waals surface area (Å²) in [5.41, 5.74) is 1.83. The molecule has 1 aromatic carbocycles. The summed E-state index contributed by atoms with van der Waals surface area (Å²) in [6, 6.07) is 4.53. The van der Waals surface area contributed by atoms with Crippen LogP contribution in [0.5, 0.6) is 0 Å². The van der Waals surface area contributed by atoms with E-state index < -0.39 is 18.7 Å². The molecular weight excluding hydrogens is 273 g/mol. The highest BCUT2D eigenvalue weighted by molar-refractivity contribution is 5.92. The van der Waals surface area contributed by atoms with Crippen molar-refractivity contribution in [2.75, 3.05) is 12.4 Å². The van der Waals surface area contributed by atoms with Crippen LogP contribution in [0.1, 0.15) is 30.1 Å². The Morgan fingerprint density at radius 1 is 1.45 bits per heavy atom. The maximum atomic E-state index is 12.1. The van der Waals surface area contributed by atoms with Crippen LogP contribution in [0.15, 0.2) is 18.2 Å². The molecule has 20 heavy (non-hydrogen) atoms. The monoisotopic (exact) mass is 288 g/mol. The van der Waals surface area contributed by atoms with E-state index in [0.29, 0.717) is 17.8 Å². The molecule has 1 aromatic rings. The molecule has 1 heterocycles. The Labute approximate surface area is 114 Å². The Morgan fingerprint density at radius 3 is 2.80 bits per heavy atom. The second-order valence-corrected chi connectivity index (χ2v) is 4.87. The van der Waals surface area contributed by atoms with Gasteiger partial charge >= 0.3 is 12.2 Å². The van der Waals surface area contributed by atoms with E-state index in [0.717, 1.165) is 5.56 Å². The van der Waals surface area contributed by atoms with Crippen LogP contribution >= 0.6 is 0 Å². The van der Waals surface area contributed by atoms with Crippen LogP contribution in [0.4, 0.5) is 23.7 Å². The second-order valence-electron chi connectivity index (χ2n) is 4.87. The van der Waals surface area contributed by atoms with Gasteiger partial charge in [-0.3, -0.25) is 0 Å². The molecule has 0 saturated carbocycles. The molecule has 2 N–H and O–H groups in total. The second kappa shape index (κ2) is 5.32. The number of aliphatic hydroxyl groups excluding tert-OH is 1. The van der Waals surface area contributed by atoms with E-state index in [1.54, 1.807) is 19.2 Å². The van der Waals surface area contributed by atoms with Gasteiger partial charge in [0.1, 0.15) is 0 Å². The minimum atomic E-state index is -4.27. The van der Waals surface area contributed by atoms with Crippen molar-refractivity contribution in [2.45, 2.75) is 31.7 Å². The zero-order chi connectivity index (χ0) is 14.9. The number of alkyl halides is 3. The first-order chi connectivity index (χ1) is 9.26. The molecule has 0 aliphatic carbocycles. The van der Waals surface area contributed by atoms with Crippen molar-refractivity contribution >= 4 is 11.7 Å². The Morgan fingerprint density at radius 2 is 2.15 bits per heavy atom. The molecule has 2 rings (SSSR count). The van der Waals surface area contributed by atoms with E-state index in [-0.39, 0.29) is 12.5 Å². The lowest BCUT2D eigenvalue weighted by atomic mass is 10.00. The molecule has 110 valence electrons. The lowest BCUT2D eigenvalue weighted by molar-refractivity contribution is -0.140. The van der Waals surface area contributed by atoms with Crippen molar-refractivity contribution in [1.82, 2.24) is 4.90 Å². The first-order valence-electron chi connectivity index (χ1n) is 6.16. The molecule has 2 amide bonds. The topological polar surface area (TPSA) is 52.6 Å². The summed E-state index contributed by atoms with van der Waals surface area (Å²) in [6.07, 6.45) is -6.83. The molecule has 1 unspecified atom stereocenters. The van der Waals surface area contributed by atoms with Gasteiger partial charge in [-0.15, -0.1) is 0 Å². The molecule has 1 aliphatic rings. The smallest absolute Gasteiger partial charge is 0.388 e. The molecule has 1 aliphatic heterocycles. The number of benzene rings is 1. The highest BCUT2D eigenvalue weighted by atomic mass is 19.4. The summed E-state index contributed by atoms with van der Waals surface area (Å²) in [6.45, 7) is 0.362. The number of amides is 2. The quantitative estimate of drug-likeness (QED) is 0.898. The number of aliphatic hydroxyl groups is 1. The molecule has 0 aromatic heterocycles. The normalized spacial score (nSPS) is 16.6. The van der Waals surface area contributed by atoms with Crippen molar-refractivity contribution in [1.29, 1.82) is 0 Å². The minimum absolute atomic E-state index is 0.233. The predicted molar refractivity (Wildman–Crippen MR) is 67.2 cm³/mol. The first kappa shape index (κ1) is 14.6. The minimum Gasteiger partial charge on any atom is -0.388 e. The average molecular weight is 288 g/mol. The van der Waals surface area contributed by atoms with E-state index in [2.05, 4.69) is 5.32 Å². The highest BCUT2D eigenvalue weighted by Crippen LogP contribution is 2.30. The Bertz CT molecular complexity index is 517. The number of urea groups is 1. The van der Waals surface area contributed by atoms with Crippen molar-refractivity contribution in [3.63, 3.8) is 0 Å². The molecule has 1 atom stereocenters. The number of carbonyl (C=O) groups excluding carboxylic acids is 1. The summed E-state index contributed by atoms with van der Waals surface area (Å²) in [7, 11) is 1.62. The van der Waals surface area contributed by atoms with E-state index >= 15 is 0 Å². The summed E-state index contributed by atoms with van der Waals surface area (Å²) < 4.78 is 36.4. The number of rotatable bonds is 3. The largest absolute Gasteiger partial charge is 0.389 e. The van der Waals surface area contributed by atoms with Crippen molar-refractivity contribution in [2.24, 2.45) is 0 Å². The number of nitrogens with one attached hydrogen (secondary N) is 1.